The van der Waals surface area contributed by atoms with Gasteiger partial charge in [-0.1, -0.05) is 0 Å². The van der Waals surface area contributed by atoms with Crippen LogP contribution in [0.1, 0.15) is 29.3 Å². The Labute approximate surface area is 171 Å². The van der Waals surface area contributed by atoms with Gasteiger partial charge in [-0.25, -0.2) is 9.59 Å². The van der Waals surface area contributed by atoms with Crippen LogP contribution >= 0.6 is 11.3 Å². The number of carbonyl (C=O) groups excluding carboxylic acids is 1. The second kappa shape index (κ2) is 7.92. The zero-order chi connectivity index (χ0) is 20.7. The average molecular weight is 423 g/mol. The number of hydrogen-bond acceptors (Lipinski definition) is 6. The lowest BCUT2D eigenvalue weighted by Gasteiger charge is -2.35. The van der Waals surface area contributed by atoms with Crippen LogP contribution in [-0.4, -0.2) is 60.1 Å². The van der Waals surface area contributed by atoms with Crippen molar-refractivity contribution in [3.8, 4) is 0 Å². The second-order valence-electron chi connectivity index (χ2n) is 7.57. The van der Waals surface area contributed by atoms with Crippen molar-refractivity contribution in [3.05, 3.63) is 31.3 Å². The van der Waals surface area contributed by atoms with E-state index in [4.69, 9.17) is 9.47 Å². The van der Waals surface area contributed by atoms with E-state index in [1.54, 1.807) is 23.7 Å². The van der Waals surface area contributed by atoms with E-state index in [1.807, 2.05) is 6.92 Å². The maximum atomic E-state index is 13.3. The summed E-state index contributed by atoms with van der Waals surface area (Å²) >= 11 is 1.42. The molecule has 1 aliphatic heterocycles. The first-order valence-corrected chi connectivity index (χ1v) is 10.6. The van der Waals surface area contributed by atoms with Crippen molar-refractivity contribution in [2.24, 2.45) is 0 Å². The third kappa shape index (κ3) is 3.38. The van der Waals surface area contributed by atoms with Crippen molar-refractivity contribution < 1.29 is 14.3 Å². The molecule has 2 aromatic rings. The summed E-state index contributed by atoms with van der Waals surface area (Å²) in [7, 11) is 3.23. The molecular weight excluding hydrogens is 396 g/mol. The second-order valence-corrected chi connectivity index (χ2v) is 8.65. The van der Waals surface area contributed by atoms with Crippen LogP contribution in [0.5, 0.6) is 0 Å². The van der Waals surface area contributed by atoms with E-state index in [9.17, 15) is 14.4 Å². The molecule has 2 aromatic heterocycles. The van der Waals surface area contributed by atoms with Crippen molar-refractivity contribution in [1.82, 2.24) is 19.4 Å². The summed E-state index contributed by atoms with van der Waals surface area (Å²) < 4.78 is 13.5. The largest absolute Gasteiger partial charge is 0.383 e. The molecule has 4 rings (SSSR count). The molecule has 3 heterocycles. The number of rotatable bonds is 7. The van der Waals surface area contributed by atoms with Crippen LogP contribution < -0.4 is 16.6 Å². The van der Waals surface area contributed by atoms with Gasteiger partial charge in [-0.3, -0.25) is 13.9 Å². The number of hydrogen-bond donors (Lipinski definition) is 1. The molecule has 1 aliphatic carbocycles. The van der Waals surface area contributed by atoms with Crippen molar-refractivity contribution in [2.75, 3.05) is 33.9 Å². The monoisotopic (exact) mass is 422 g/mol. The van der Waals surface area contributed by atoms with Crippen molar-refractivity contribution in [1.29, 1.82) is 0 Å². The van der Waals surface area contributed by atoms with E-state index in [0.717, 1.165) is 10.4 Å². The van der Waals surface area contributed by atoms with Crippen LogP contribution in [0.25, 0.3) is 10.2 Å². The first-order chi connectivity index (χ1) is 14.0. The zero-order valence-corrected chi connectivity index (χ0v) is 17.7. The van der Waals surface area contributed by atoms with Crippen LogP contribution in [0.3, 0.4) is 0 Å². The van der Waals surface area contributed by atoms with Gasteiger partial charge in [0.2, 0.25) is 0 Å². The predicted molar refractivity (Wildman–Crippen MR) is 110 cm³/mol. The number of amides is 2. The van der Waals surface area contributed by atoms with Gasteiger partial charge in [0.1, 0.15) is 4.83 Å². The molecular formula is C19H26N4O5S. The number of aryl methyl sites for hydroxylation is 1. The lowest BCUT2D eigenvalue weighted by atomic mass is 9.89. The Bertz CT molecular complexity index is 1050. The van der Waals surface area contributed by atoms with Gasteiger partial charge in [-0.05, 0) is 25.3 Å². The minimum absolute atomic E-state index is 0.0854. The first kappa shape index (κ1) is 20.1. The van der Waals surface area contributed by atoms with Crippen molar-refractivity contribution >= 4 is 27.6 Å². The molecule has 0 radical (unpaired) electrons. The summed E-state index contributed by atoms with van der Waals surface area (Å²) in [6.45, 7) is 4.33. The highest BCUT2D eigenvalue weighted by molar-refractivity contribution is 7.18. The van der Waals surface area contributed by atoms with Gasteiger partial charge in [-0.2, -0.15) is 0 Å². The molecule has 0 spiro atoms. The highest BCUT2D eigenvalue weighted by atomic mass is 32.1. The third-order valence-corrected chi connectivity index (χ3v) is 7.21. The minimum atomic E-state index is -0.300. The SMILES string of the molecule is COCCn1c(=O)n([C@H]2C[C@@H](OC)C2)c(=O)c2c(C)c(CN3CCNC3=O)sc21. The molecule has 158 valence electrons. The molecule has 0 atom stereocenters. The summed E-state index contributed by atoms with van der Waals surface area (Å²) in [5.41, 5.74) is 0.298. The maximum absolute atomic E-state index is 13.3. The number of ether oxygens (including phenoxy) is 2. The molecule has 1 saturated carbocycles. The molecule has 0 bridgehead atoms. The van der Waals surface area contributed by atoms with Gasteiger partial charge in [0, 0.05) is 38.2 Å². The van der Waals surface area contributed by atoms with Crippen molar-refractivity contribution in [3.63, 3.8) is 0 Å². The smallest absolute Gasteiger partial charge is 0.332 e. The summed E-state index contributed by atoms with van der Waals surface area (Å²) in [4.78, 5) is 41.8. The standard InChI is InChI=1S/C19H26N4O5S/c1-11-14(10-21-5-4-20-18(21)25)29-17-15(11)16(24)23(12-8-13(9-12)28-3)19(26)22(17)6-7-27-2/h12-13H,4-10H2,1-3H3,(H,20,25)/t12-,13+. The first-order valence-electron chi connectivity index (χ1n) is 9.78. The Morgan fingerprint density at radius 3 is 2.59 bits per heavy atom. The summed E-state index contributed by atoms with van der Waals surface area (Å²) in [6.07, 6.45) is 1.40. The van der Waals surface area contributed by atoms with Gasteiger partial charge in [0.25, 0.3) is 5.56 Å². The van der Waals surface area contributed by atoms with Crippen LogP contribution in [0, 0.1) is 6.92 Å². The van der Waals surface area contributed by atoms with E-state index < -0.39 is 0 Å². The van der Waals surface area contributed by atoms with E-state index in [-0.39, 0.29) is 29.4 Å². The van der Waals surface area contributed by atoms with Crippen LogP contribution in [0.15, 0.2) is 9.59 Å². The molecule has 9 nitrogen and oxygen atoms in total. The van der Waals surface area contributed by atoms with Gasteiger partial charge in [0.15, 0.2) is 0 Å². The highest BCUT2D eigenvalue weighted by Crippen LogP contribution is 2.34. The number of nitrogens with zero attached hydrogens (tertiary/aromatic N) is 3. The number of thiophene rings is 1. The Balaban J connectivity index is 1.83. The van der Waals surface area contributed by atoms with Crippen molar-refractivity contribution in [2.45, 2.75) is 45.0 Å². The number of fused-ring (bicyclic) bond motifs is 1. The molecule has 0 aromatic carbocycles. The lowest BCUT2D eigenvalue weighted by molar-refractivity contribution is 0.00357. The fourth-order valence-electron chi connectivity index (χ4n) is 4.04. The van der Waals surface area contributed by atoms with Crippen LogP contribution in [-0.2, 0) is 22.6 Å². The Morgan fingerprint density at radius 2 is 1.97 bits per heavy atom. The molecule has 0 unspecified atom stereocenters. The van der Waals surface area contributed by atoms with E-state index in [2.05, 4.69) is 5.32 Å². The van der Waals surface area contributed by atoms with Crippen LogP contribution in [0.2, 0.25) is 0 Å². The molecule has 1 N–H and O–H groups in total. The Kier molecular flexibility index (Phi) is 5.50. The number of nitrogens with one attached hydrogen (secondary N) is 1. The molecule has 1 saturated heterocycles. The molecule has 2 fully saturated rings. The van der Waals surface area contributed by atoms with Gasteiger partial charge < -0.3 is 19.7 Å². The summed E-state index contributed by atoms with van der Waals surface area (Å²) in [5.74, 6) is 0. The minimum Gasteiger partial charge on any atom is -0.383 e. The highest BCUT2D eigenvalue weighted by Gasteiger charge is 2.34. The Hall–Kier alpha value is -2.17. The van der Waals surface area contributed by atoms with E-state index in [0.29, 0.717) is 55.8 Å². The number of methoxy groups -OCH3 is 2. The van der Waals surface area contributed by atoms with E-state index >= 15 is 0 Å². The molecule has 2 amide bonds. The van der Waals surface area contributed by atoms with Gasteiger partial charge in [0.05, 0.1) is 31.2 Å². The predicted octanol–water partition coefficient (Wildman–Crippen LogP) is 1.05. The maximum Gasteiger partial charge on any atom is 0.332 e. The van der Waals surface area contributed by atoms with Gasteiger partial charge >= 0.3 is 11.7 Å². The third-order valence-electron chi connectivity index (χ3n) is 5.91. The molecule has 2 aliphatic rings. The van der Waals surface area contributed by atoms with Gasteiger partial charge in [-0.15, -0.1) is 11.3 Å². The van der Waals surface area contributed by atoms with E-state index in [1.165, 1.54) is 15.9 Å². The quantitative estimate of drug-likeness (QED) is 0.720. The lowest BCUT2D eigenvalue weighted by Crippen LogP contribution is -2.47. The fourth-order valence-corrected chi connectivity index (χ4v) is 5.37. The normalized spacial score (nSPS) is 21.6. The zero-order valence-electron chi connectivity index (χ0n) is 16.9. The Morgan fingerprint density at radius 1 is 1.21 bits per heavy atom. The number of urea groups is 1. The average Bonchev–Trinajstić information content (AvgIpc) is 3.21. The fraction of sp³-hybridized carbons (Fsp3) is 0.632. The molecule has 29 heavy (non-hydrogen) atoms. The number of aromatic nitrogens is 2. The topological polar surface area (TPSA) is 94.8 Å². The molecule has 10 heteroatoms. The summed E-state index contributed by atoms with van der Waals surface area (Å²) in [6, 6.07) is -0.249. The van der Waals surface area contributed by atoms with Crippen LogP contribution in [0.4, 0.5) is 4.79 Å². The number of carbonyl (C=O) groups is 1. The summed E-state index contributed by atoms with van der Waals surface area (Å²) in [5, 5.41) is 3.36.